The molecule has 0 unspecified atom stereocenters. The van der Waals surface area contributed by atoms with Gasteiger partial charge in [-0.2, -0.15) is 5.26 Å². The molecule has 35 heteroatoms. The molecule has 25 nitrogen and oxygen atoms in total. The minimum Gasteiger partial charge on any atom is -0.408 e. The van der Waals surface area contributed by atoms with Gasteiger partial charge >= 0.3 is 17.5 Å². The largest absolute Gasteiger partial charge is 0.420 e. The van der Waals surface area contributed by atoms with Crippen molar-refractivity contribution in [1.29, 1.82) is 0 Å². The van der Waals surface area contributed by atoms with Crippen LogP contribution in [0.15, 0.2) is 146 Å². The van der Waals surface area contributed by atoms with Gasteiger partial charge in [-0.3, -0.25) is 63.1 Å². The van der Waals surface area contributed by atoms with Gasteiger partial charge in [-0.25, -0.2) is 14.4 Å². The Balaban J connectivity index is 0.000000224. The van der Waals surface area contributed by atoms with E-state index in [0.29, 0.717) is 76.9 Å². The van der Waals surface area contributed by atoms with E-state index >= 15 is 0 Å². The van der Waals surface area contributed by atoms with Crippen LogP contribution < -0.4 is 48.3 Å². The molecule has 0 saturated carbocycles. The van der Waals surface area contributed by atoms with E-state index in [0.717, 1.165) is 56.8 Å². The summed E-state index contributed by atoms with van der Waals surface area (Å²) in [5.74, 6) is -3.08. The molecule has 0 aliphatic carbocycles. The highest BCUT2D eigenvalue weighted by Crippen LogP contribution is 2.32. The third-order valence-corrected chi connectivity index (χ3v) is 18.0. The highest BCUT2D eigenvalue weighted by Gasteiger charge is 2.34. The number of alkyl halides is 2. The smallest absolute Gasteiger partial charge is 0.408 e. The first kappa shape index (κ1) is 85.3. The number of nitrogens with zero attached hydrogens (tertiary/aromatic N) is 6. The van der Waals surface area contributed by atoms with E-state index in [1.165, 1.54) is 25.3 Å². The van der Waals surface area contributed by atoms with E-state index in [4.69, 9.17) is 142 Å². The van der Waals surface area contributed by atoms with Crippen LogP contribution in [0.4, 0.5) is 28.4 Å². The van der Waals surface area contributed by atoms with Gasteiger partial charge in [0.2, 0.25) is 40.7 Å². The van der Waals surface area contributed by atoms with Crippen molar-refractivity contribution in [3.8, 4) is 0 Å². The normalized spacial score (nSPS) is 12.7. The summed E-state index contributed by atoms with van der Waals surface area (Å²) in [6.45, 7) is 11.5. The number of rotatable bonds is 9. The molecule has 8 N–H and O–H groups in total. The third kappa shape index (κ3) is 24.9. The molecule has 6 amide bonds. The summed E-state index contributed by atoms with van der Waals surface area (Å²) in [5, 5.41) is 16.6. The van der Waals surface area contributed by atoms with E-state index < -0.39 is 22.7 Å². The molecule has 9 aromatic rings. The van der Waals surface area contributed by atoms with E-state index in [2.05, 4.69) is 20.5 Å². The molecule has 0 radical (unpaired) electrons. The Morgan fingerprint density at radius 2 is 1.02 bits per heavy atom. The zero-order chi connectivity index (χ0) is 76.5. The van der Waals surface area contributed by atoms with Crippen molar-refractivity contribution in [2.45, 2.75) is 48.1 Å². The zero-order valence-electron chi connectivity index (χ0n) is 55.6. The van der Waals surface area contributed by atoms with Crippen molar-refractivity contribution in [3.05, 3.63) is 211 Å². The molecule has 5 heterocycles. The van der Waals surface area contributed by atoms with Gasteiger partial charge in [0.1, 0.15) is 38.9 Å². The Bertz CT molecular complexity index is 4630. The summed E-state index contributed by atoms with van der Waals surface area (Å²) in [4.78, 5) is 126. The van der Waals surface area contributed by atoms with Crippen LogP contribution in [-0.4, -0.2) is 129 Å². The Kier molecular flexibility index (Phi) is 34.1. The van der Waals surface area contributed by atoms with Gasteiger partial charge < -0.3 is 40.3 Å². The number of carbonyl (C=O) groups is 8. The van der Waals surface area contributed by atoms with Crippen LogP contribution in [0.3, 0.4) is 0 Å². The van der Waals surface area contributed by atoms with Crippen LogP contribution in [-0.2, 0) is 49.8 Å². The van der Waals surface area contributed by atoms with E-state index in [1.54, 1.807) is 88.7 Å². The lowest BCUT2D eigenvalue weighted by Gasteiger charge is -2.20. The number of nitrogen functional groups attached to an aromatic ring is 1. The standard InChI is InChI=1S/C19H15Cl2N3O4.C12H12Cl2N2O2.C10H11ClN2O.C9H11ClN2O.C7H4ClNO2.C7H8ClN.C2H2Cl2O.C2H4O3/c1-11-13(21)3-2-4-14(11)24-10-22(8-18(24)26)17(25)9-23-15-6-5-12(20)7-16(15)28-19(23)27;1-8-9(14)3-2-4-10(8)16-7-15(6-12(16)18)11(17)5-13;1-7-8(11)3-2-4-9(7)13-6-12-5-10(13)14;1-6-7(10)3-2-4-8(6)12-9(13)5-11;8-4-1-2-5-6(3-4)11-7(10)9-5;1-5-6(8)3-2-4-7(5)9;3-1-2(4)5;1-2(3)5-4/h2-7H,8-10H2,1H3;2-4H,5-7H2,1H3;2-4,12H,5-6H2,1H3;2-4H,5,11H2,1H3,(H,12,13);1-3H,(H,9,10);2-4H,9H2,1H3;1H2;4H,1H3. The molecular formula is C68H67Cl10N11O14. The molecule has 548 valence electrons. The number of aromatic nitrogens is 2. The molecule has 3 aliphatic heterocycles. The number of H-pyrrole nitrogens is 1. The number of fused-ring (bicyclic) bond motifs is 2. The highest BCUT2D eigenvalue weighted by molar-refractivity contribution is 6.67. The van der Waals surface area contributed by atoms with Gasteiger partial charge in [0, 0.05) is 82.7 Å². The summed E-state index contributed by atoms with van der Waals surface area (Å²) in [6, 6.07) is 36.8. The lowest BCUT2D eigenvalue weighted by atomic mass is 10.2. The van der Waals surface area contributed by atoms with E-state index in [-0.39, 0.29) is 86.7 Å². The fourth-order valence-corrected chi connectivity index (χ4v) is 10.6. The number of benzene rings is 7. The molecular weight excluding hydrogens is 1550 g/mol. The average molecular weight is 1620 g/mol. The molecule has 2 aromatic heterocycles. The summed E-state index contributed by atoms with van der Waals surface area (Å²) in [5.41, 5.74) is 20.7. The fourth-order valence-electron chi connectivity index (χ4n) is 9.19. The van der Waals surface area contributed by atoms with E-state index in [9.17, 15) is 47.9 Å². The molecule has 0 spiro atoms. The number of halogens is 10. The van der Waals surface area contributed by atoms with Crippen molar-refractivity contribution in [1.82, 2.24) is 24.7 Å². The maximum atomic E-state index is 12.7. The number of hydrogen-bond acceptors (Lipinski definition) is 17. The maximum absolute atomic E-state index is 12.7. The fraction of sp³-hybridized carbons (Fsp3) is 0.235. The summed E-state index contributed by atoms with van der Waals surface area (Å²) < 4.78 is 11.1. The number of hydrogen-bond donors (Lipinski definition) is 6. The van der Waals surface area contributed by atoms with Crippen molar-refractivity contribution >= 4 is 213 Å². The molecule has 12 rings (SSSR count). The van der Waals surface area contributed by atoms with Gasteiger partial charge in [-0.1, -0.05) is 112 Å². The Morgan fingerprint density at radius 1 is 0.573 bits per heavy atom. The zero-order valence-corrected chi connectivity index (χ0v) is 63.1. The SMILES string of the molecule is CC(=O)OO.Cc1c(Cl)cccc1N1CN(C(=O)CCl)CC1=O.Cc1c(Cl)cccc1N1CN(C(=O)Cn2c(=O)oc3cc(Cl)ccc32)CC1=O.Cc1c(Cl)cccc1N1CNCC1=O.Cc1c(Cl)cccc1NC(=O)CN.Cc1c(N)cccc1Cl.O=C(Cl)CCl.O=c1[nH]c2ccc(Cl)cc2o1. The summed E-state index contributed by atoms with van der Waals surface area (Å²) in [6.07, 6.45) is 0. The number of amides is 6. The van der Waals surface area contributed by atoms with Crippen LogP contribution in [0.5, 0.6) is 0 Å². The van der Waals surface area contributed by atoms with Crippen molar-refractivity contribution in [2.24, 2.45) is 5.73 Å². The van der Waals surface area contributed by atoms with Crippen molar-refractivity contribution < 1.29 is 57.3 Å². The molecule has 7 aromatic carbocycles. The molecule has 0 atom stereocenters. The second-order valence-corrected chi connectivity index (χ2v) is 25.6. The van der Waals surface area contributed by atoms with Gasteiger partial charge in [-0.15, -0.1) is 23.2 Å². The summed E-state index contributed by atoms with van der Waals surface area (Å²) in [7, 11) is 0. The number of aromatic amines is 1. The number of anilines is 5. The average Bonchev–Trinajstić information content (AvgIpc) is 1.66. The minimum atomic E-state index is -0.690. The van der Waals surface area contributed by atoms with Crippen LogP contribution >= 0.6 is 116 Å². The molecule has 3 saturated heterocycles. The van der Waals surface area contributed by atoms with Gasteiger partial charge in [0.05, 0.1) is 36.7 Å². The first-order valence-corrected chi connectivity index (χ1v) is 34.2. The Hall–Kier alpha value is -8.38. The first-order valence-electron chi connectivity index (χ1n) is 30.1. The van der Waals surface area contributed by atoms with Crippen molar-refractivity contribution in [2.75, 3.05) is 83.7 Å². The predicted molar refractivity (Wildman–Crippen MR) is 406 cm³/mol. The third-order valence-electron chi connectivity index (χ3n) is 14.7. The second kappa shape index (κ2) is 41.2. The topological polar surface area (TPSA) is 339 Å². The van der Waals surface area contributed by atoms with E-state index in [1.807, 2.05) is 77.1 Å². The Labute approximate surface area is 639 Å². The Morgan fingerprint density at radius 3 is 1.47 bits per heavy atom. The van der Waals surface area contributed by atoms with Crippen LogP contribution in [0, 0.1) is 34.6 Å². The minimum absolute atomic E-state index is 0.0219. The number of oxazole rings is 2. The number of carbonyl (C=O) groups excluding carboxylic acids is 8. The monoisotopic (exact) mass is 1610 g/mol. The lowest BCUT2D eigenvalue weighted by molar-refractivity contribution is -0.231. The number of nitrogens with one attached hydrogen (secondary N) is 3. The number of nitrogens with two attached hydrogens (primary N) is 2. The predicted octanol–water partition coefficient (Wildman–Crippen LogP) is 13.2. The van der Waals surface area contributed by atoms with Crippen LogP contribution in [0.25, 0.3) is 22.2 Å². The first-order chi connectivity index (χ1) is 48.7. The van der Waals surface area contributed by atoms with Crippen LogP contribution in [0.1, 0.15) is 34.7 Å². The second-order valence-electron chi connectivity index (χ2n) is 21.7. The molecule has 0 bridgehead atoms. The maximum Gasteiger partial charge on any atom is 0.420 e. The lowest BCUT2D eigenvalue weighted by Crippen LogP contribution is -2.35. The summed E-state index contributed by atoms with van der Waals surface area (Å²) >= 11 is 56.3. The quantitative estimate of drug-likeness (QED) is 0.0257. The molecule has 3 aliphatic rings. The van der Waals surface area contributed by atoms with Gasteiger partial charge in [-0.05, 0) is 159 Å². The molecule has 3 fully saturated rings. The molecule has 103 heavy (non-hydrogen) atoms. The van der Waals surface area contributed by atoms with Gasteiger partial charge in [0.15, 0.2) is 11.2 Å². The van der Waals surface area contributed by atoms with Crippen molar-refractivity contribution in [3.63, 3.8) is 0 Å². The van der Waals surface area contributed by atoms with Gasteiger partial charge in [0.25, 0.3) is 0 Å². The highest BCUT2D eigenvalue weighted by atomic mass is 35.5. The van der Waals surface area contributed by atoms with Crippen LogP contribution in [0.2, 0.25) is 35.2 Å².